The highest BCUT2D eigenvalue weighted by molar-refractivity contribution is 7.20. The van der Waals surface area contributed by atoms with Gasteiger partial charge in [-0.05, 0) is 62.8 Å². The van der Waals surface area contributed by atoms with E-state index in [-0.39, 0.29) is 17.5 Å². The average Bonchev–Trinajstić information content (AvgIpc) is 3.32. The lowest BCUT2D eigenvalue weighted by atomic mass is 9.84. The van der Waals surface area contributed by atoms with Crippen molar-refractivity contribution in [1.82, 2.24) is 14.9 Å². The zero-order valence-corrected chi connectivity index (χ0v) is 16.6. The molecule has 2 bridgehead atoms. The number of amides is 1. The van der Waals surface area contributed by atoms with Crippen LogP contribution >= 0.6 is 11.3 Å². The number of carbonyl (C=O) groups excluding carboxylic acids is 1. The number of aromatic nitrogens is 2. The van der Waals surface area contributed by atoms with Gasteiger partial charge in [0.1, 0.15) is 4.83 Å². The Bertz CT molecular complexity index is 900. The SMILES string of the molecule is CCCn1cnc2sc(C(=O)N[C@H](C)[C@H]3C[C@H]4CC[C@H]3C4)c(C)c2c1=O. The maximum atomic E-state index is 12.9. The van der Waals surface area contributed by atoms with Gasteiger partial charge in [0.15, 0.2) is 0 Å². The third-order valence-electron chi connectivity index (χ3n) is 6.38. The van der Waals surface area contributed by atoms with Gasteiger partial charge in [-0.3, -0.25) is 14.2 Å². The first-order valence-corrected chi connectivity index (χ1v) is 10.6. The molecule has 1 N–H and O–H groups in total. The number of fused-ring (bicyclic) bond motifs is 3. The molecule has 4 atom stereocenters. The second-order valence-corrected chi connectivity index (χ2v) is 9.08. The molecule has 0 aromatic carbocycles. The van der Waals surface area contributed by atoms with Gasteiger partial charge in [-0.2, -0.15) is 0 Å². The summed E-state index contributed by atoms with van der Waals surface area (Å²) >= 11 is 1.34. The largest absolute Gasteiger partial charge is 0.349 e. The fourth-order valence-corrected chi connectivity index (χ4v) is 6.10. The molecule has 2 aliphatic rings. The molecular weight excluding hydrogens is 346 g/mol. The van der Waals surface area contributed by atoms with Gasteiger partial charge in [0.05, 0.1) is 16.6 Å². The molecule has 5 nitrogen and oxygen atoms in total. The van der Waals surface area contributed by atoms with Gasteiger partial charge >= 0.3 is 0 Å². The number of hydrogen-bond acceptors (Lipinski definition) is 4. The van der Waals surface area contributed by atoms with Crippen molar-refractivity contribution >= 4 is 27.5 Å². The van der Waals surface area contributed by atoms with E-state index in [1.165, 1.54) is 37.0 Å². The molecule has 0 unspecified atom stereocenters. The van der Waals surface area contributed by atoms with E-state index in [0.717, 1.165) is 23.8 Å². The summed E-state index contributed by atoms with van der Waals surface area (Å²) in [5.74, 6) is 2.20. The predicted molar refractivity (Wildman–Crippen MR) is 105 cm³/mol. The van der Waals surface area contributed by atoms with E-state index in [9.17, 15) is 9.59 Å². The standard InChI is InChI=1S/C20H27N3O2S/c1-4-7-23-10-21-19-16(20(23)25)11(2)17(26-19)18(24)22-12(3)15-9-13-5-6-14(15)8-13/h10,12-15H,4-9H2,1-3H3,(H,22,24)/t12-,13+,14+,15-/m1/s1. The molecule has 2 aromatic heterocycles. The summed E-state index contributed by atoms with van der Waals surface area (Å²) < 4.78 is 1.64. The van der Waals surface area contributed by atoms with Crippen molar-refractivity contribution in [3.63, 3.8) is 0 Å². The zero-order chi connectivity index (χ0) is 18.4. The van der Waals surface area contributed by atoms with Crippen LogP contribution in [0.15, 0.2) is 11.1 Å². The summed E-state index contributed by atoms with van der Waals surface area (Å²) in [5, 5.41) is 3.82. The van der Waals surface area contributed by atoms with E-state index in [0.29, 0.717) is 27.6 Å². The van der Waals surface area contributed by atoms with Crippen LogP contribution in [0.4, 0.5) is 0 Å². The fraction of sp³-hybridized carbons (Fsp3) is 0.650. The van der Waals surface area contributed by atoms with Crippen molar-refractivity contribution in [2.24, 2.45) is 17.8 Å². The van der Waals surface area contributed by atoms with Crippen LogP contribution in [0, 0.1) is 24.7 Å². The number of hydrogen-bond donors (Lipinski definition) is 1. The quantitative estimate of drug-likeness (QED) is 0.868. The first-order chi connectivity index (χ1) is 12.5. The molecule has 2 saturated carbocycles. The summed E-state index contributed by atoms with van der Waals surface area (Å²) in [6.07, 6.45) is 7.76. The molecule has 4 rings (SSSR count). The molecule has 1 amide bonds. The van der Waals surface area contributed by atoms with Crippen molar-refractivity contribution in [3.05, 3.63) is 27.1 Å². The molecule has 2 aliphatic carbocycles. The summed E-state index contributed by atoms with van der Waals surface area (Å²) in [6, 6.07) is 0.187. The monoisotopic (exact) mass is 373 g/mol. The summed E-state index contributed by atoms with van der Waals surface area (Å²) in [5.41, 5.74) is 0.733. The molecule has 0 aliphatic heterocycles. The maximum Gasteiger partial charge on any atom is 0.262 e. The van der Waals surface area contributed by atoms with Gasteiger partial charge in [-0.25, -0.2) is 4.98 Å². The number of aryl methyl sites for hydroxylation is 2. The van der Waals surface area contributed by atoms with Crippen molar-refractivity contribution in [2.75, 3.05) is 0 Å². The summed E-state index contributed by atoms with van der Waals surface area (Å²) in [7, 11) is 0. The highest BCUT2D eigenvalue weighted by Gasteiger charge is 2.42. The van der Waals surface area contributed by atoms with Gasteiger partial charge in [0.25, 0.3) is 11.5 Å². The van der Waals surface area contributed by atoms with Gasteiger partial charge in [0.2, 0.25) is 0 Å². The Morgan fingerprint density at radius 1 is 1.42 bits per heavy atom. The van der Waals surface area contributed by atoms with Gasteiger partial charge in [-0.1, -0.05) is 13.3 Å². The van der Waals surface area contributed by atoms with Crippen LogP contribution in [0.25, 0.3) is 10.2 Å². The maximum absolute atomic E-state index is 12.9. The van der Waals surface area contributed by atoms with Gasteiger partial charge in [-0.15, -0.1) is 11.3 Å². The Morgan fingerprint density at radius 3 is 2.88 bits per heavy atom. The van der Waals surface area contributed by atoms with E-state index in [4.69, 9.17) is 0 Å². The van der Waals surface area contributed by atoms with Gasteiger partial charge < -0.3 is 5.32 Å². The minimum absolute atomic E-state index is 0.0363. The Labute approximate surface area is 157 Å². The molecule has 140 valence electrons. The van der Waals surface area contributed by atoms with E-state index in [1.807, 2.05) is 13.8 Å². The van der Waals surface area contributed by atoms with Crippen LogP contribution < -0.4 is 10.9 Å². The van der Waals surface area contributed by atoms with E-state index in [2.05, 4.69) is 17.2 Å². The number of rotatable bonds is 5. The smallest absolute Gasteiger partial charge is 0.262 e. The summed E-state index contributed by atoms with van der Waals surface area (Å²) in [4.78, 5) is 31.3. The lowest BCUT2D eigenvalue weighted by molar-refractivity contribution is 0.0919. The molecule has 0 spiro atoms. The number of nitrogens with one attached hydrogen (secondary N) is 1. The van der Waals surface area contributed by atoms with Crippen molar-refractivity contribution in [3.8, 4) is 0 Å². The Morgan fingerprint density at radius 2 is 2.23 bits per heavy atom. The molecule has 0 saturated heterocycles. The minimum Gasteiger partial charge on any atom is -0.349 e. The third-order valence-corrected chi connectivity index (χ3v) is 7.58. The van der Waals surface area contributed by atoms with E-state index < -0.39 is 0 Å². The van der Waals surface area contributed by atoms with Crippen LogP contribution in [0.5, 0.6) is 0 Å². The van der Waals surface area contributed by atoms with E-state index in [1.54, 1.807) is 10.9 Å². The zero-order valence-electron chi connectivity index (χ0n) is 15.7. The lowest BCUT2D eigenvalue weighted by Gasteiger charge is -2.28. The number of carbonyl (C=O) groups is 1. The number of nitrogens with zero attached hydrogens (tertiary/aromatic N) is 2. The first-order valence-electron chi connectivity index (χ1n) is 9.79. The van der Waals surface area contributed by atoms with Crippen LogP contribution in [0.3, 0.4) is 0 Å². The normalized spacial score (nSPS) is 25.7. The molecule has 6 heteroatoms. The predicted octanol–water partition coefficient (Wildman–Crippen LogP) is 3.73. The van der Waals surface area contributed by atoms with Crippen LogP contribution in [0.2, 0.25) is 0 Å². The number of thiophene rings is 1. The van der Waals surface area contributed by atoms with Crippen LogP contribution in [-0.2, 0) is 6.54 Å². The average molecular weight is 374 g/mol. The minimum atomic E-state index is -0.0535. The van der Waals surface area contributed by atoms with E-state index >= 15 is 0 Å². The van der Waals surface area contributed by atoms with Crippen LogP contribution in [-0.4, -0.2) is 21.5 Å². The van der Waals surface area contributed by atoms with Crippen molar-refractivity contribution < 1.29 is 4.79 Å². The Kier molecular flexibility index (Phi) is 4.63. The van der Waals surface area contributed by atoms with Gasteiger partial charge in [0, 0.05) is 12.6 Å². The fourth-order valence-electron chi connectivity index (χ4n) is 5.06. The second-order valence-electron chi connectivity index (χ2n) is 8.08. The Balaban J connectivity index is 1.58. The van der Waals surface area contributed by atoms with Crippen LogP contribution in [0.1, 0.15) is 61.2 Å². The molecule has 2 heterocycles. The second kappa shape index (κ2) is 6.80. The molecule has 26 heavy (non-hydrogen) atoms. The highest BCUT2D eigenvalue weighted by atomic mass is 32.1. The molecule has 2 fully saturated rings. The Hall–Kier alpha value is -1.69. The summed E-state index contributed by atoms with van der Waals surface area (Å²) in [6.45, 7) is 6.70. The van der Waals surface area contributed by atoms with Crippen molar-refractivity contribution in [1.29, 1.82) is 0 Å². The molecule has 0 radical (unpaired) electrons. The highest BCUT2D eigenvalue weighted by Crippen LogP contribution is 2.49. The third kappa shape index (κ3) is 2.88. The molecule has 2 aromatic rings. The lowest BCUT2D eigenvalue weighted by Crippen LogP contribution is -2.40. The van der Waals surface area contributed by atoms with Crippen molar-refractivity contribution in [2.45, 2.75) is 65.5 Å². The first kappa shape index (κ1) is 17.7. The molecular formula is C20H27N3O2S. The topological polar surface area (TPSA) is 64.0 Å².